The summed E-state index contributed by atoms with van der Waals surface area (Å²) in [5.74, 6) is 0. The van der Waals surface area contributed by atoms with Crippen LogP contribution in [0.25, 0.3) is 10.2 Å². The van der Waals surface area contributed by atoms with Gasteiger partial charge >= 0.3 is 0 Å². The standard InChI is InChI=1S/C16H23N3OS/c1-11-12(2)21-15-14(11)16(20)19(10-18-15)9-8-17-13-6-4-3-5-7-13/h10,13,17H,3-9H2,1-2H3. The van der Waals surface area contributed by atoms with Gasteiger partial charge in [0.2, 0.25) is 0 Å². The summed E-state index contributed by atoms with van der Waals surface area (Å²) in [5, 5.41) is 4.38. The summed E-state index contributed by atoms with van der Waals surface area (Å²) in [7, 11) is 0. The molecule has 2 aromatic heterocycles. The maximum absolute atomic E-state index is 12.5. The Labute approximate surface area is 129 Å². The van der Waals surface area contributed by atoms with Crippen molar-refractivity contribution in [2.45, 2.75) is 58.5 Å². The predicted molar refractivity (Wildman–Crippen MR) is 88.2 cm³/mol. The molecule has 1 fully saturated rings. The summed E-state index contributed by atoms with van der Waals surface area (Å²) in [4.78, 5) is 19.0. The van der Waals surface area contributed by atoms with E-state index in [9.17, 15) is 4.79 Å². The van der Waals surface area contributed by atoms with Gasteiger partial charge in [-0.1, -0.05) is 19.3 Å². The molecule has 1 saturated carbocycles. The Morgan fingerprint density at radius 3 is 2.86 bits per heavy atom. The third kappa shape index (κ3) is 3.04. The maximum Gasteiger partial charge on any atom is 0.262 e. The third-order valence-corrected chi connectivity index (χ3v) is 5.66. The van der Waals surface area contributed by atoms with Crippen molar-refractivity contribution in [1.82, 2.24) is 14.9 Å². The van der Waals surface area contributed by atoms with E-state index in [4.69, 9.17) is 0 Å². The first kappa shape index (κ1) is 14.7. The quantitative estimate of drug-likeness (QED) is 0.944. The maximum atomic E-state index is 12.5. The molecule has 0 aromatic carbocycles. The largest absolute Gasteiger partial charge is 0.312 e. The van der Waals surface area contributed by atoms with Crippen LogP contribution in [0.3, 0.4) is 0 Å². The van der Waals surface area contributed by atoms with Crippen LogP contribution in [0, 0.1) is 13.8 Å². The first-order chi connectivity index (χ1) is 10.2. The van der Waals surface area contributed by atoms with E-state index in [1.54, 1.807) is 22.2 Å². The lowest BCUT2D eigenvalue weighted by Crippen LogP contribution is -2.35. The molecule has 0 spiro atoms. The Bertz CT molecular complexity index is 683. The first-order valence-electron chi connectivity index (χ1n) is 7.85. The van der Waals surface area contributed by atoms with Crippen LogP contribution < -0.4 is 10.9 Å². The topological polar surface area (TPSA) is 46.9 Å². The molecule has 21 heavy (non-hydrogen) atoms. The van der Waals surface area contributed by atoms with E-state index in [0.29, 0.717) is 12.6 Å². The molecule has 0 radical (unpaired) electrons. The smallest absolute Gasteiger partial charge is 0.262 e. The lowest BCUT2D eigenvalue weighted by Gasteiger charge is -2.22. The minimum atomic E-state index is 0.104. The van der Waals surface area contributed by atoms with Crippen LogP contribution in [-0.2, 0) is 6.54 Å². The van der Waals surface area contributed by atoms with Crippen molar-refractivity contribution >= 4 is 21.6 Å². The zero-order valence-corrected chi connectivity index (χ0v) is 13.6. The van der Waals surface area contributed by atoms with Crippen LogP contribution in [0.2, 0.25) is 0 Å². The number of hydrogen-bond donors (Lipinski definition) is 1. The number of nitrogens with one attached hydrogen (secondary N) is 1. The number of thiophene rings is 1. The zero-order chi connectivity index (χ0) is 14.8. The van der Waals surface area contributed by atoms with Gasteiger partial charge in [0.05, 0.1) is 11.7 Å². The van der Waals surface area contributed by atoms with E-state index in [2.05, 4.69) is 17.2 Å². The van der Waals surface area contributed by atoms with Crippen LogP contribution in [0.15, 0.2) is 11.1 Å². The summed E-state index contributed by atoms with van der Waals surface area (Å²) in [6.45, 7) is 5.62. The molecule has 2 heterocycles. The molecule has 0 aliphatic heterocycles. The molecule has 0 bridgehead atoms. The summed E-state index contributed by atoms with van der Waals surface area (Å²) < 4.78 is 1.75. The molecule has 1 aliphatic carbocycles. The first-order valence-corrected chi connectivity index (χ1v) is 8.67. The normalized spacial score (nSPS) is 16.7. The third-order valence-electron chi connectivity index (χ3n) is 4.55. The fourth-order valence-electron chi connectivity index (χ4n) is 3.13. The number of nitrogens with zero attached hydrogens (tertiary/aromatic N) is 2. The van der Waals surface area contributed by atoms with Crippen LogP contribution in [-0.4, -0.2) is 22.1 Å². The van der Waals surface area contributed by atoms with Gasteiger partial charge in [-0.05, 0) is 32.3 Å². The fourth-order valence-corrected chi connectivity index (χ4v) is 4.11. The Kier molecular flexibility index (Phi) is 4.40. The zero-order valence-electron chi connectivity index (χ0n) is 12.8. The van der Waals surface area contributed by atoms with Gasteiger partial charge in [-0.25, -0.2) is 4.98 Å². The van der Waals surface area contributed by atoms with E-state index in [1.165, 1.54) is 37.0 Å². The van der Waals surface area contributed by atoms with Crippen molar-refractivity contribution in [3.05, 3.63) is 27.1 Å². The van der Waals surface area contributed by atoms with Crippen molar-refractivity contribution in [3.63, 3.8) is 0 Å². The monoisotopic (exact) mass is 305 g/mol. The van der Waals surface area contributed by atoms with Gasteiger partial charge in [0.25, 0.3) is 5.56 Å². The van der Waals surface area contributed by atoms with Crippen molar-refractivity contribution in [1.29, 1.82) is 0 Å². The van der Waals surface area contributed by atoms with E-state index in [0.717, 1.165) is 22.3 Å². The highest BCUT2D eigenvalue weighted by Gasteiger charge is 2.14. The molecule has 114 valence electrons. The summed E-state index contributed by atoms with van der Waals surface area (Å²) in [6.07, 6.45) is 8.28. The molecule has 1 aliphatic rings. The van der Waals surface area contributed by atoms with E-state index in [1.807, 2.05) is 6.92 Å². The van der Waals surface area contributed by atoms with Crippen molar-refractivity contribution in [2.75, 3.05) is 6.54 Å². The molecule has 1 N–H and O–H groups in total. The van der Waals surface area contributed by atoms with Gasteiger partial charge < -0.3 is 5.32 Å². The molecule has 3 rings (SSSR count). The van der Waals surface area contributed by atoms with Gasteiger partial charge in [-0.15, -0.1) is 11.3 Å². The Morgan fingerprint density at radius 2 is 2.10 bits per heavy atom. The Morgan fingerprint density at radius 1 is 1.33 bits per heavy atom. The van der Waals surface area contributed by atoms with E-state index >= 15 is 0 Å². The van der Waals surface area contributed by atoms with Crippen LogP contribution >= 0.6 is 11.3 Å². The summed E-state index contributed by atoms with van der Waals surface area (Å²) >= 11 is 1.61. The lowest BCUT2D eigenvalue weighted by molar-refractivity contribution is 0.367. The SMILES string of the molecule is Cc1sc2ncn(CCNC3CCCCC3)c(=O)c2c1C. The second-order valence-electron chi connectivity index (χ2n) is 6.00. The van der Waals surface area contributed by atoms with Gasteiger partial charge in [-0.2, -0.15) is 0 Å². The molecule has 0 amide bonds. The van der Waals surface area contributed by atoms with Gasteiger partial charge in [-0.3, -0.25) is 9.36 Å². The number of rotatable bonds is 4. The highest BCUT2D eigenvalue weighted by molar-refractivity contribution is 7.18. The molecule has 0 saturated heterocycles. The van der Waals surface area contributed by atoms with E-state index in [-0.39, 0.29) is 5.56 Å². The van der Waals surface area contributed by atoms with Crippen molar-refractivity contribution < 1.29 is 0 Å². The minimum Gasteiger partial charge on any atom is -0.312 e. The average molecular weight is 305 g/mol. The molecule has 0 atom stereocenters. The van der Waals surface area contributed by atoms with Crippen LogP contribution in [0.1, 0.15) is 42.5 Å². The lowest BCUT2D eigenvalue weighted by atomic mass is 9.95. The number of aryl methyl sites for hydroxylation is 2. The highest BCUT2D eigenvalue weighted by Crippen LogP contribution is 2.25. The highest BCUT2D eigenvalue weighted by atomic mass is 32.1. The number of fused-ring (bicyclic) bond motifs is 1. The van der Waals surface area contributed by atoms with Crippen LogP contribution in [0.4, 0.5) is 0 Å². The van der Waals surface area contributed by atoms with Gasteiger partial charge in [0.1, 0.15) is 4.83 Å². The number of aromatic nitrogens is 2. The molecule has 2 aromatic rings. The molecule has 4 nitrogen and oxygen atoms in total. The van der Waals surface area contributed by atoms with Crippen molar-refractivity contribution in [3.8, 4) is 0 Å². The summed E-state index contributed by atoms with van der Waals surface area (Å²) in [6, 6.07) is 0.635. The molecular formula is C16H23N3OS. The van der Waals surface area contributed by atoms with Gasteiger partial charge in [0, 0.05) is 24.0 Å². The molecule has 5 heteroatoms. The van der Waals surface area contributed by atoms with Gasteiger partial charge in [0.15, 0.2) is 0 Å². The fraction of sp³-hybridized carbons (Fsp3) is 0.625. The second kappa shape index (κ2) is 6.28. The second-order valence-corrected chi connectivity index (χ2v) is 7.20. The van der Waals surface area contributed by atoms with Crippen molar-refractivity contribution in [2.24, 2.45) is 0 Å². The summed E-state index contributed by atoms with van der Waals surface area (Å²) in [5.41, 5.74) is 1.19. The van der Waals surface area contributed by atoms with E-state index < -0.39 is 0 Å². The van der Waals surface area contributed by atoms with Crippen LogP contribution in [0.5, 0.6) is 0 Å². The molecular weight excluding hydrogens is 282 g/mol. The average Bonchev–Trinajstić information content (AvgIpc) is 2.78. The Hall–Kier alpha value is -1.20. The molecule has 0 unspecified atom stereocenters. The minimum absolute atomic E-state index is 0.104. The Balaban J connectivity index is 1.70. The predicted octanol–water partition coefficient (Wildman–Crippen LogP) is 3.00. The number of hydrogen-bond acceptors (Lipinski definition) is 4.